The van der Waals surface area contributed by atoms with Gasteiger partial charge in [-0.3, -0.25) is 0 Å². The first-order valence-corrected chi connectivity index (χ1v) is 6.70. The molecule has 0 aromatic heterocycles. The fraction of sp³-hybridized carbons (Fsp3) is 0.571. The summed E-state index contributed by atoms with van der Waals surface area (Å²) >= 11 is 0. The molecular weight excluding hydrogens is 226 g/mol. The highest BCUT2D eigenvalue weighted by atomic mass is 16.5. The summed E-state index contributed by atoms with van der Waals surface area (Å²) in [6, 6.07) is 6.46. The topological polar surface area (TPSA) is 50.5 Å². The number of anilines is 1. The standard InChI is InChI=1S/C14H23N3O/c1-12-3-4-13(17-8-6-16-7-9-17)11-14(12)18-10-2-5-15/h3-4,11,16H,2,5-10,15H2,1H3. The Bertz CT molecular complexity index is 375. The van der Waals surface area contributed by atoms with Crippen molar-refractivity contribution in [3.63, 3.8) is 0 Å². The van der Waals surface area contributed by atoms with E-state index in [0.29, 0.717) is 13.2 Å². The Morgan fingerprint density at radius 3 is 2.83 bits per heavy atom. The molecule has 0 bridgehead atoms. The van der Waals surface area contributed by atoms with Crippen LogP contribution in [0.5, 0.6) is 5.75 Å². The Hall–Kier alpha value is -1.26. The van der Waals surface area contributed by atoms with Gasteiger partial charge in [0.25, 0.3) is 0 Å². The molecule has 18 heavy (non-hydrogen) atoms. The highest BCUT2D eigenvalue weighted by molar-refractivity contribution is 5.53. The SMILES string of the molecule is Cc1ccc(N2CCNCC2)cc1OCCCN. The number of ether oxygens (including phenoxy) is 1. The highest BCUT2D eigenvalue weighted by Gasteiger charge is 2.11. The van der Waals surface area contributed by atoms with E-state index < -0.39 is 0 Å². The normalized spacial score (nSPS) is 15.8. The van der Waals surface area contributed by atoms with Gasteiger partial charge in [-0.15, -0.1) is 0 Å². The van der Waals surface area contributed by atoms with Gasteiger partial charge in [0.15, 0.2) is 0 Å². The van der Waals surface area contributed by atoms with Gasteiger partial charge in [0.05, 0.1) is 6.61 Å². The van der Waals surface area contributed by atoms with Crippen LogP contribution in [0.1, 0.15) is 12.0 Å². The number of rotatable bonds is 5. The fourth-order valence-corrected chi connectivity index (χ4v) is 2.13. The van der Waals surface area contributed by atoms with Crippen molar-refractivity contribution in [2.45, 2.75) is 13.3 Å². The molecule has 1 fully saturated rings. The third kappa shape index (κ3) is 3.37. The molecule has 0 atom stereocenters. The first-order chi connectivity index (χ1) is 8.81. The molecular formula is C14H23N3O. The van der Waals surface area contributed by atoms with Crippen LogP contribution >= 0.6 is 0 Å². The van der Waals surface area contributed by atoms with Gasteiger partial charge in [-0.2, -0.15) is 0 Å². The van der Waals surface area contributed by atoms with Crippen molar-refractivity contribution in [2.75, 3.05) is 44.2 Å². The summed E-state index contributed by atoms with van der Waals surface area (Å²) in [5.41, 5.74) is 7.92. The maximum atomic E-state index is 5.79. The van der Waals surface area contributed by atoms with Gasteiger partial charge in [0.2, 0.25) is 0 Å². The summed E-state index contributed by atoms with van der Waals surface area (Å²) in [5.74, 6) is 0.986. The van der Waals surface area contributed by atoms with E-state index in [0.717, 1.165) is 38.3 Å². The first kappa shape index (κ1) is 13.2. The molecule has 0 unspecified atom stereocenters. The molecule has 1 aromatic carbocycles. The van der Waals surface area contributed by atoms with Crippen LogP contribution in [0.2, 0.25) is 0 Å². The number of nitrogens with one attached hydrogen (secondary N) is 1. The Morgan fingerprint density at radius 2 is 2.11 bits per heavy atom. The Balaban J connectivity index is 2.04. The summed E-state index contributed by atoms with van der Waals surface area (Å²) in [7, 11) is 0. The lowest BCUT2D eigenvalue weighted by atomic mass is 10.2. The van der Waals surface area contributed by atoms with Crippen LogP contribution in [-0.4, -0.2) is 39.3 Å². The lowest BCUT2D eigenvalue weighted by molar-refractivity contribution is 0.311. The van der Waals surface area contributed by atoms with Crippen molar-refractivity contribution in [1.29, 1.82) is 0 Å². The highest BCUT2D eigenvalue weighted by Crippen LogP contribution is 2.25. The third-order valence-corrected chi connectivity index (χ3v) is 3.26. The van der Waals surface area contributed by atoms with Crippen LogP contribution < -0.4 is 20.7 Å². The molecule has 1 aliphatic heterocycles. The van der Waals surface area contributed by atoms with E-state index in [-0.39, 0.29) is 0 Å². The predicted octanol–water partition coefficient (Wildman–Crippen LogP) is 1.13. The average Bonchev–Trinajstić information content (AvgIpc) is 2.42. The molecule has 0 spiro atoms. The summed E-state index contributed by atoms with van der Waals surface area (Å²) in [6.07, 6.45) is 0.900. The Labute approximate surface area is 109 Å². The van der Waals surface area contributed by atoms with Crippen molar-refractivity contribution in [1.82, 2.24) is 5.32 Å². The first-order valence-electron chi connectivity index (χ1n) is 6.70. The number of hydrogen-bond donors (Lipinski definition) is 2. The molecule has 0 aliphatic carbocycles. The van der Waals surface area contributed by atoms with E-state index >= 15 is 0 Å². The van der Waals surface area contributed by atoms with E-state index in [9.17, 15) is 0 Å². The molecule has 0 radical (unpaired) electrons. The van der Waals surface area contributed by atoms with Crippen LogP contribution in [0.15, 0.2) is 18.2 Å². The van der Waals surface area contributed by atoms with E-state index in [1.54, 1.807) is 0 Å². The van der Waals surface area contributed by atoms with Gasteiger partial charge in [-0.05, 0) is 31.5 Å². The summed E-state index contributed by atoms with van der Waals surface area (Å²) in [6.45, 7) is 7.68. The Kier molecular flexibility index (Phi) is 4.84. The molecule has 0 saturated carbocycles. The maximum Gasteiger partial charge on any atom is 0.124 e. The van der Waals surface area contributed by atoms with Crippen LogP contribution in [0.4, 0.5) is 5.69 Å². The number of nitrogens with zero attached hydrogens (tertiary/aromatic N) is 1. The van der Waals surface area contributed by atoms with Crippen LogP contribution in [0, 0.1) is 6.92 Å². The van der Waals surface area contributed by atoms with Crippen LogP contribution in [0.25, 0.3) is 0 Å². The van der Waals surface area contributed by atoms with Gasteiger partial charge in [-0.25, -0.2) is 0 Å². The molecule has 0 amide bonds. The van der Waals surface area contributed by atoms with Gasteiger partial charge in [-0.1, -0.05) is 6.07 Å². The van der Waals surface area contributed by atoms with E-state index in [4.69, 9.17) is 10.5 Å². The van der Waals surface area contributed by atoms with Crippen LogP contribution in [0.3, 0.4) is 0 Å². The third-order valence-electron chi connectivity index (χ3n) is 3.26. The average molecular weight is 249 g/mol. The van der Waals surface area contributed by atoms with Crippen molar-refractivity contribution in [3.05, 3.63) is 23.8 Å². The second-order valence-electron chi connectivity index (χ2n) is 4.68. The molecule has 2 rings (SSSR count). The number of aryl methyl sites for hydroxylation is 1. The Morgan fingerprint density at radius 1 is 1.33 bits per heavy atom. The minimum Gasteiger partial charge on any atom is -0.493 e. The zero-order chi connectivity index (χ0) is 12.8. The molecule has 3 N–H and O–H groups in total. The number of nitrogens with two attached hydrogens (primary N) is 1. The quantitative estimate of drug-likeness (QED) is 0.768. The van der Waals surface area contributed by atoms with Gasteiger partial charge in [0, 0.05) is 37.9 Å². The largest absolute Gasteiger partial charge is 0.493 e. The van der Waals surface area contributed by atoms with Gasteiger partial charge < -0.3 is 20.7 Å². The monoisotopic (exact) mass is 249 g/mol. The zero-order valence-electron chi connectivity index (χ0n) is 11.1. The van der Waals surface area contributed by atoms with Crippen LogP contribution in [-0.2, 0) is 0 Å². The second kappa shape index (κ2) is 6.61. The van der Waals surface area contributed by atoms with Crippen molar-refractivity contribution in [3.8, 4) is 5.75 Å². The second-order valence-corrected chi connectivity index (χ2v) is 4.68. The minimum absolute atomic E-state index is 0.677. The van der Waals surface area contributed by atoms with Crippen molar-refractivity contribution >= 4 is 5.69 Å². The molecule has 1 aliphatic rings. The fourth-order valence-electron chi connectivity index (χ4n) is 2.13. The predicted molar refractivity (Wildman–Crippen MR) is 75.4 cm³/mol. The summed E-state index contributed by atoms with van der Waals surface area (Å²) in [5, 5.41) is 3.37. The number of piperazine rings is 1. The van der Waals surface area contributed by atoms with Gasteiger partial charge in [0.1, 0.15) is 5.75 Å². The lowest BCUT2D eigenvalue weighted by Crippen LogP contribution is -2.43. The van der Waals surface area contributed by atoms with E-state index in [1.807, 2.05) is 0 Å². The summed E-state index contributed by atoms with van der Waals surface area (Å²) in [4.78, 5) is 2.39. The molecule has 4 nitrogen and oxygen atoms in total. The molecule has 100 valence electrons. The van der Waals surface area contributed by atoms with Crippen molar-refractivity contribution in [2.24, 2.45) is 5.73 Å². The van der Waals surface area contributed by atoms with E-state index in [2.05, 4.69) is 35.3 Å². The smallest absolute Gasteiger partial charge is 0.124 e. The summed E-state index contributed by atoms with van der Waals surface area (Å²) < 4.78 is 5.79. The molecule has 1 heterocycles. The maximum absolute atomic E-state index is 5.79. The molecule has 1 aromatic rings. The minimum atomic E-state index is 0.677. The van der Waals surface area contributed by atoms with Gasteiger partial charge >= 0.3 is 0 Å². The lowest BCUT2D eigenvalue weighted by Gasteiger charge is -2.30. The number of benzene rings is 1. The molecule has 4 heteroatoms. The van der Waals surface area contributed by atoms with E-state index in [1.165, 1.54) is 11.3 Å². The van der Waals surface area contributed by atoms with Crippen molar-refractivity contribution < 1.29 is 4.74 Å². The number of hydrogen-bond acceptors (Lipinski definition) is 4. The zero-order valence-corrected chi connectivity index (χ0v) is 11.1. The molecule has 1 saturated heterocycles.